The number of hydrogen-bond donors (Lipinski definition) is 2. The zero-order valence-electron chi connectivity index (χ0n) is 17.7. The Kier molecular flexibility index (Phi) is 10.5. The number of rotatable bonds is 8. The minimum Gasteiger partial charge on any atom is -0.484 e. The number of aliphatic imine (C=N–C) groups is 1. The summed E-state index contributed by atoms with van der Waals surface area (Å²) >= 11 is 1.77. The van der Waals surface area contributed by atoms with Gasteiger partial charge in [-0.3, -0.25) is 9.79 Å². The van der Waals surface area contributed by atoms with E-state index in [9.17, 15) is 4.79 Å². The van der Waals surface area contributed by atoms with Crippen LogP contribution in [0.2, 0.25) is 0 Å². The van der Waals surface area contributed by atoms with Crippen LogP contribution in [-0.2, 0) is 16.8 Å². The van der Waals surface area contributed by atoms with Gasteiger partial charge in [-0.25, -0.2) is 0 Å². The lowest BCUT2D eigenvalue weighted by Gasteiger charge is -2.25. The van der Waals surface area contributed by atoms with Gasteiger partial charge >= 0.3 is 0 Å². The predicted octanol–water partition coefficient (Wildman–Crippen LogP) is 3.48. The Balaban J connectivity index is 0.00000420. The molecular formula is C21H31IN4O2S. The van der Waals surface area contributed by atoms with Crippen molar-refractivity contribution in [3.63, 3.8) is 0 Å². The maximum absolute atomic E-state index is 11.7. The number of thiophene rings is 1. The average Bonchev–Trinajstić information content (AvgIpc) is 3.22. The summed E-state index contributed by atoms with van der Waals surface area (Å²) in [5.41, 5.74) is 1.08. The third-order valence-corrected chi connectivity index (χ3v) is 5.56. The molecule has 6 nitrogen and oxygen atoms in total. The summed E-state index contributed by atoms with van der Waals surface area (Å²) in [5.74, 6) is 1.36. The first-order chi connectivity index (χ1) is 13.3. The van der Waals surface area contributed by atoms with Crippen LogP contribution < -0.4 is 15.4 Å². The van der Waals surface area contributed by atoms with Crippen LogP contribution in [0.4, 0.5) is 0 Å². The van der Waals surface area contributed by atoms with Crippen molar-refractivity contribution in [1.82, 2.24) is 15.5 Å². The largest absolute Gasteiger partial charge is 0.484 e. The van der Waals surface area contributed by atoms with Crippen molar-refractivity contribution in [2.75, 3.05) is 34.3 Å². The molecule has 2 aromatic rings. The summed E-state index contributed by atoms with van der Waals surface area (Å²) in [5, 5.41) is 8.83. The minimum absolute atomic E-state index is 0. The summed E-state index contributed by atoms with van der Waals surface area (Å²) in [6.45, 7) is 5.86. The molecule has 0 saturated heterocycles. The molecule has 1 amide bonds. The first-order valence-electron chi connectivity index (χ1n) is 9.22. The number of carbonyl (C=O) groups excluding carboxylic acids is 1. The van der Waals surface area contributed by atoms with Gasteiger partial charge in [-0.05, 0) is 29.1 Å². The average molecular weight is 530 g/mol. The van der Waals surface area contributed by atoms with E-state index in [1.807, 2.05) is 24.3 Å². The normalized spacial score (nSPS) is 11.4. The van der Waals surface area contributed by atoms with E-state index in [0.29, 0.717) is 12.3 Å². The fourth-order valence-corrected chi connectivity index (χ4v) is 3.33. The molecule has 160 valence electrons. The number of ether oxygens (including phenoxy) is 1. The third kappa shape index (κ3) is 8.22. The number of halogens is 1. The van der Waals surface area contributed by atoms with Gasteiger partial charge < -0.3 is 20.3 Å². The monoisotopic (exact) mass is 530 g/mol. The maximum Gasteiger partial charge on any atom is 0.259 e. The first-order valence-corrected chi connectivity index (χ1v) is 10.1. The number of benzene rings is 1. The van der Waals surface area contributed by atoms with E-state index in [0.717, 1.165) is 18.1 Å². The number of nitrogens with zero attached hydrogens (tertiary/aromatic N) is 2. The Hall–Kier alpha value is -1.81. The van der Waals surface area contributed by atoms with Gasteiger partial charge in [0.2, 0.25) is 0 Å². The van der Waals surface area contributed by atoms with Crippen LogP contribution in [0.1, 0.15) is 24.3 Å². The first kappa shape index (κ1) is 25.2. The van der Waals surface area contributed by atoms with E-state index < -0.39 is 0 Å². The Morgan fingerprint density at radius 3 is 2.59 bits per heavy atom. The summed E-state index contributed by atoms with van der Waals surface area (Å²) in [4.78, 5) is 18.8. The number of carbonyl (C=O) groups is 1. The molecule has 2 rings (SSSR count). The van der Waals surface area contributed by atoms with Crippen LogP contribution in [0.3, 0.4) is 0 Å². The molecule has 1 aromatic carbocycles. The van der Waals surface area contributed by atoms with Gasteiger partial charge in [0.25, 0.3) is 5.91 Å². The molecule has 1 heterocycles. The summed E-state index contributed by atoms with van der Waals surface area (Å²) < 4.78 is 5.57. The number of nitrogens with one attached hydrogen (secondary N) is 2. The topological polar surface area (TPSA) is 66.0 Å². The van der Waals surface area contributed by atoms with Gasteiger partial charge in [0.1, 0.15) is 5.75 Å². The number of guanidine groups is 1. The van der Waals surface area contributed by atoms with Gasteiger partial charge in [0.05, 0.1) is 0 Å². The van der Waals surface area contributed by atoms with E-state index in [2.05, 4.69) is 47.0 Å². The zero-order valence-corrected chi connectivity index (χ0v) is 20.8. The van der Waals surface area contributed by atoms with Crippen molar-refractivity contribution in [1.29, 1.82) is 0 Å². The molecule has 29 heavy (non-hydrogen) atoms. The second-order valence-corrected chi connectivity index (χ2v) is 8.31. The fraction of sp³-hybridized carbons (Fsp3) is 0.429. The standard InChI is InChI=1S/C21H30N4O2S.HI/c1-21(2,18-10-7-11-28-18)15-24-20(22-3)23-13-16-8-6-9-17(12-16)27-14-19(26)25(4)5;/h6-12H,13-15H2,1-5H3,(H2,22,23,24);1H. The summed E-state index contributed by atoms with van der Waals surface area (Å²) in [7, 11) is 5.19. The van der Waals surface area contributed by atoms with Gasteiger partial charge in [-0.2, -0.15) is 0 Å². The van der Waals surface area contributed by atoms with E-state index in [1.54, 1.807) is 32.5 Å². The Bertz CT molecular complexity index is 792. The lowest BCUT2D eigenvalue weighted by Crippen LogP contribution is -2.42. The fourth-order valence-electron chi connectivity index (χ4n) is 2.48. The summed E-state index contributed by atoms with van der Waals surface area (Å²) in [6.07, 6.45) is 0. The molecule has 0 aliphatic heterocycles. The van der Waals surface area contributed by atoms with Gasteiger partial charge in [0, 0.05) is 44.5 Å². The maximum atomic E-state index is 11.7. The van der Waals surface area contributed by atoms with E-state index in [1.165, 1.54) is 9.78 Å². The SMILES string of the molecule is CN=C(NCc1cccc(OCC(=O)N(C)C)c1)NCC(C)(C)c1cccs1.I. The number of likely N-dealkylation sites (N-methyl/N-ethyl adjacent to an activating group) is 1. The highest BCUT2D eigenvalue weighted by atomic mass is 127. The molecule has 0 bridgehead atoms. The van der Waals surface area contributed by atoms with Crippen LogP contribution >= 0.6 is 35.3 Å². The second kappa shape index (κ2) is 12.0. The Morgan fingerprint density at radius 2 is 1.97 bits per heavy atom. The number of hydrogen-bond acceptors (Lipinski definition) is 4. The highest BCUT2D eigenvalue weighted by molar-refractivity contribution is 14.0. The molecule has 0 atom stereocenters. The lowest BCUT2D eigenvalue weighted by molar-refractivity contribution is -0.130. The van der Waals surface area contributed by atoms with Crippen LogP contribution in [0.5, 0.6) is 5.75 Å². The van der Waals surface area contributed by atoms with Crippen molar-refractivity contribution in [2.24, 2.45) is 4.99 Å². The molecule has 1 aromatic heterocycles. The molecule has 8 heteroatoms. The highest BCUT2D eigenvalue weighted by Crippen LogP contribution is 2.26. The van der Waals surface area contributed by atoms with Crippen molar-refractivity contribution < 1.29 is 9.53 Å². The quantitative estimate of drug-likeness (QED) is 0.312. The van der Waals surface area contributed by atoms with E-state index in [-0.39, 0.29) is 41.9 Å². The molecule has 0 radical (unpaired) electrons. The van der Waals surface area contributed by atoms with Gasteiger partial charge in [-0.1, -0.05) is 32.0 Å². The lowest BCUT2D eigenvalue weighted by atomic mass is 9.91. The molecule has 0 fully saturated rings. The molecular weight excluding hydrogens is 499 g/mol. The molecule has 0 aliphatic rings. The molecule has 0 spiro atoms. The molecule has 0 unspecified atom stereocenters. The Morgan fingerprint density at radius 1 is 1.21 bits per heavy atom. The van der Waals surface area contributed by atoms with Crippen molar-refractivity contribution in [3.8, 4) is 5.75 Å². The third-order valence-electron chi connectivity index (χ3n) is 4.33. The van der Waals surface area contributed by atoms with Gasteiger partial charge in [0.15, 0.2) is 12.6 Å². The van der Waals surface area contributed by atoms with Gasteiger partial charge in [-0.15, -0.1) is 35.3 Å². The van der Waals surface area contributed by atoms with Crippen LogP contribution in [0.15, 0.2) is 46.8 Å². The van der Waals surface area contributed by atoms with Crippen molar-refractivity contribution in [2.45, 2.75) is 25.8 Å². The predicted molar refractivity (Wildman–Crippen MR) is 132 cm³/mol. The molecule has 0 aliphatic carbocycles. The van der Waals surface area contributed by atoms with Crippen LogP contribution in [-0.4, -0.2) is 51.1 Å². The van der Waals surface area contributed by atoms with Crippen molar-refractivity contribution >= 4 is 47.2 Å². The number of amides is 1. The molecule has 0 saturated carbocycles. The Labute approximate surface area is 194 Å². The molecule has 2 N–H and O–H groups in total. The van der Waals surface area contributed by atoms with Crippen molar-refractivity contribution in [3.05, 3.63) is 52.2 Å². The summed E-state index contributed by atoms with van der Waals surface area (Å²) in [6, 6.07) is 12.0. The van der Waals surface area contributed by atoms with E-state index in [4.69, 9.17) is 4.74 Å². The zero-order chi connectivity index (χ0) is 20.6. The highest BCUT2D eigenvalue weighted by Gasteiger charge is 2.21. The van der Waals surface area contributed by atoms with Crippen LogP contribution in [0.25, 0.3) is 0 Å². The minimum atomic E-state index is -0.0681. The van der Waals surface area contributed by atoms with E-state index >= 15 is 0 Å². The smallest absolute Gasteiger partial charge is 0.259 e. The second-order valence-electron chi connectivity index (χ2n) is 7.36. The van der Waals surface area contributed by atoms with Crippen LogP contribution in [0, 0.1) is 0 Å².